The summed E-state index contributed by atoms with van der Waals surface area (Å²) in [7, 11) is 0. The molecule has 1 fully saturated rings. The lowest BCUT2D eigenvalue weighted by Crippen LogP contribution is -2.22. The number of benzene rings is 1. The smallest absolute Gasteiger partial charge is 0.379 e. The van der Waals surface area contributed by atoms with Gasteiger partial charge in [-0.15, -0.1) is 0 Å². The third-order valence-corrected chi connectivity index (χ3v) is 2.91. The van der Waals surface area contributed by atoms with E-state index in [1.54, 1.807) is 0 Å². The van der Waals surface area contributed by atoms with Crippen molar-refractivity contribution < 1.29 is 17.9 Å². The van der Waals surface area contributed by atoms with Gasteiger partial charge in [-0.2, -0.15) is 13.2 Å². The minimum atomic E-state index is -4.41. The van der Waals surface area contributed by atoms with Crippen LogP contribution in [-0.4, -0.2) is 19.3 Å². The molecular formula is C11H11ClF3NO. The number of alkyl halides is 3. The fourth-order valence-electron chi connectivity index (χ4n) is 1.76. The van der Waals surface area contributed by atoms with E-state index in [9.17, 15) is 13.2 Å². The number of halogens is 4. The zero-order valence-corrected chi connectivity index (χ0v) is 9.61. The predicted octanol–water partition coefficient (Wildman–Crippen LogP) is 3.56. The van der Waals surface area contributed by atoms with E-state index in [1.807, 2.05) is 0 Å². The van der Waals surface area contributed by atoms with Gasteiger partial charge in [0.15, 0.2) is 0 Å². The van der Waals surface area contributed by atoms with E-state index < -0.39 is 11.7 Å². The quantitative estimate of drug-likeness (QED) is 0.883. The number of rotatable bonds is 2. The average molecular weight is 266 g/mol. The Kier molecular flexibility index (Phi) is 3.49. The minimum Gasteiger partial charge on any atom is -0.379 e. The lowest BCUT2D eigenvalue weighted by molar-refractivity contribution is -0.137. The first-order chi connectivity index (χ1) is 7.98. The van der Waals surface area contributed by atoms with E-state index in [1.165, 1.54) is 12.1 Å². The first kappa shape index (κ1) is 12.5. The van der Waals surface area contributed by atoms with Crippen LogP contribution in [0.1, 0.15) is 12.0 Å². The summed E-state index contributed by atoms with van der Waals surface area (Å²) in [6, 6.07) is 3.64. The molecule has 0 radical (unpaired) electrons. The van der Waals surface area contributed by atoms with E-state index >= 15 is 0 Å². The highest BCUT2D eigenvalue weighted by molar-refractivity contribution is 6.33. The number of anilines is 1. The fraction of sp³-hybridized carbons (Fsp3) is 0.455. The molecule has 1 N–H and O–H groups in total. The zero-order chi connectivity index (χ0) is 12.5. The maximum absolute atomic E-state index is 12.8. The van der Waals surface area contributed by atoms with Crippen LogP contribution in [-0.2, 0) is 10.9 Å². The summed E-state index contributed by atoms with van der Waals surface area (Å²) in [5.74, 6) is 0. The van der Waals surface area contributed by atoms with Gasteiger partial charge in [0.05, 0.1) is 28.9 Å². The maximum atomic E-state index is 12.8. The molecule has 2 nitrogen and oxygen atoms in total. The first-order valence-corrected chi connectivity index (χ1v) is 5.56. The van der Waals surface area contributed by atoms with Crippen molar-refractivity contribution in [3.05, 3.63) is 28.8 Å². The Morgan fingerprint density at radius 2 is 2.12 bits per heavy atom. The second kappa shape index (κ2) is 4.74. The number of hydrogen-bond acceptors (Lipinski definition) is 2. The van der Waals surface area contributed by atoms with Crippen molar-refractivity contribution in [1.29, 1.82) is 0 Å². The molecule has 17 heavy (non-hydrogen) atoms. The summed E-state index contributed by atoms with van der Waals surface area (Å²) >= 11 is 5.81. The SMILES string of the molecule is FC(F)(F)c1cccc(Cl)c1NC1CCOC1. The van der Waals surface area contributed by atoms with Gasteiger partial charge in [-0.1, -0.05) is 17.7 Å². The Bertz CT molecular complexity index is 402. The summed E-state index contributed by atoms with van der Waals surface area (Å²) in [5, 5.41) is 2.88. The highest BCUT2D eigenvalue weighted by atomic mass is 35.5. The summed E-state index contributed by atoms with van der Waals surface area (Å²) in [4.78, 5) is 0. The Morgan fingerprint density at radius 1 is 1.35 bits per heavy atom. The van der Waals surface area contributed by atoms with Crippen molar-refractivity contribution in [3.63, 3.8) is 0 Å². The first-order valence-electron chi connectivity index (χ1n) is 5.18. The van der Waals surface area contributed by atoms with Gasteiger partial charge in [0.25, 0.3) is 0 Å². The molecule has 0 amide bonds. The maximum Gasteiger partial charge on any atom is 0.418 e. The normalized spacial score (nSPS) is 20.6. The molecule has 94 valence electrons. The molecule has 1 aromatic rings. The minimum absolute atomic E-state index is 0.0582. The second-order valence-electron chi connectivity index (χ2n) is 3.87. The highest BCUT2D eigenvalue weighted by Crippen LogP contribution is 2.39. The summed E-state index contributed by atoms with van der Waals surface area (Å²) < 4.78 is 43.4. The van der Waals surface area contributed by atoms with Crippen molar-refractivity contribution in [1.82, 2.24) is 0 Å². The Labute approximate surface area is 102 Å². The molecular weight excluding hydrogens is 255 g/mol. The van der Waals surface area contributed by atoms with Crippen molar-refractivity contribution >= 4 is 17.3 Å². The monoisotopic (exact) mass is 265 g/mol. The van der Waals surface area contributed by atoms with Gasteiger partial charge in [0.2, 0.25) is 0 Å². The Balaban J connectivity index is 2.30. The van der Waals surface area contributed by atoms with Crippen LogP contribution in [0.3, 0.4) is 0 Å². The molecule has 0 aromatic heterocycles. The number of ether oxygens (including phenoxy) is 1. The fourth-order valence-corrected chi connectivity index (χ4v) is 1.99. The molecule has 1 aliphatic heterocycles. The van der Waals surface area contributed by atoms with Crippen molar-refractivity contribution in [2.24, 2.45) is 0 Å². The lowest BCUT2D eigenvalue weighted by Gasteiger charge is -2.19. The van der Waals surface area contributed by atoms with Crippen molar-refractivity contribution in [2.75, 3.05) is 18.5 Å². The third-order valence-electron chi connectivity index (χ3n) is 2.60. The van der Waals surface area contributed by atoms with Gasteiger partial charge in [-0.25, -0.2) is 0 Å². The zero-order valence-electron chi connectivity index (χ0n) is 8.85. The number of hydrogen-bond donors (Lipinski definition) is 1. The topological polar surface area (TPSA) is 21.3 Å². The van der Waals surface area contributed by atoms with Crippen molar-refractivity contribution in [2.45, 2.75) is 18.6 Å². The molecule has 1 heterocycles. The molecule has 2 rings (SSSR count). The molecule has 0 aliphatic carbocycles. The predicted molar refractivity (Wildman–Crippen MR) is 59.3 cm³/mol. The highest BCUT2D eigenvalue weighted by Gasteiger charge is 2.35. The van der Waals surface area contributed by atoms with Gasteiger partial charge in [0.1, 0.15) is 0 Å². The van der Waals surface area contributed by atoms with Crippen molar-refractivity contribution in [3.8, 4) is 0 Å². The molecule has 6 heteroatoms. The number of para-hydroxylation sites is 1. The molecule has 0 saturated carbocycles. The van der Waals surface area contributed by atoms with Crippen LogP contribution in [0.15, 0.2) is 18.2 Å². The van der Waals surface area contributed by atoms with E-state index in [4.69, 9.17) is 16.3 Å². The van der Waals surface area contributed by atoms with Crippen LogP contribution in [0.5, 0.6) is 0 Å². The standard InChI is InChI=1S/C11H11ClF3NO/c12-9-3-1-2-8(11(13,14)15)10(9)16-7-4-5-17-6-7/h1-3,7,16H,4-6H2. The molecule has 1 saturated heterocycles. The molecule has 0 spiro atoms. The molecule has 1 aromatic carbocycles. The summed E-state index contributed by atoms with van der Waals surface area (Å²) in [5.41, 5.74) is -0.797. The van der Waals surface area contributed by atoms with Crippen LogP contribution in [0.4, 0.5) is 18.9 Å². The van der Waals surface area contributed by atoms with Crippen LogP contribution in [0.25, 0.3) is 0 Å². The van der Waals surface area contributed by atoms with Crippen LogP contribution in [0, 0.1) is 0 Å². The van der Waals surface area contributed by atoms with Gasteiger partial charge < -0.3 is 10.1 Å². The van der Waals surface area contributed by atoms with Crippen LogP contribution in [0.2, 0.25) is 5.02 Å². The lowest BCUT2D eigenvalue weighted by atomic mass is 10.1. The van der Waals surface area contributed by atoms with Gasteiger partial charge in [-0.05, 0) is 18.6 Å². The van der Waals surface area contributed by atoms with Crippen LogP contribution < -0.4 is 5.32 Å². The van der Waals surface area contributed by atoms with Crippen LogP contribution >= 0.6 is 11.6 Å². The summed E-state index contributed by atoms with van der Waals surface area (Å²) in [6.45, 7) is 0.964. The van der Waals surface area contributed by atoms with Gasteiger partial charge in [-0.3, -0.25) is 0 Å². The molecule has 1 atom stereocenters. The van der Waals surface area contributed by atoms with E-state index in [2.05, 4.69) is 5.32 Å². The number of nitrogens with one attached hydrogen (secondary N) is 1. The van der Waals surface area contributed by atoms with E-state index in [-0.39, 0.29) is 16.8 Å². The average Bonchev–Trinajstić information content (AvgIpc) is 2.72. The van der Waals surface area contributed by atoms with E-state index in [0.29, 0.717) is 19.6 Å². The van der Waals surface area contributed by atoms with Gasteiger partial charge >= 0.3 is 6.18 Å². The Hall–Kier alpha value is -0.940. The molecule has 0 bridgehead atoms. The molecule has 1 aliphatic rings. The summed E-state index contributed by atoms with van der Waals surface area (Å²) in [6.07, 6.45) is -3.73. The molecule has 1 unspecified atom stereocenters. The third kappa shape index (κ3) is 2.84. The second-order valence-corrected chi connectivity index (χ2v) is 4.27. The van der Waals surface area contributed by atoms with E-state index in [0.717, 1.165) is 6.07 Å². The van der Waals surface area contributed by atoms with Gasteiger partial charge in [0, 0.05) is 6.61 Å². The largest absolute Gasteiger partial charge is 0.418 e. The Morgan fingerprint density at radius 3 is 2.71 bits per heavy atom.